The molecule has 19 heavy (non-hydrogen) atoms. The summed E-state index contributed by atoms with van der Waals surface area (Å²) in [6.45, 7) is 7.39. The molecule has 2 aromatic rings. The molecule has 1 aromatic carbocycles. The normalized spacial score (nSPS) is 12.7. The first-order valence-electron chi connectivity index (χ1n) is 6.28. The van der Waals surface area contributed by atoms with E-state index < -0.39 is 0 Å². The lowest BCUT2D eigenvalue weighted by atomic mass is 10.0. The van der Waals surface area contributed by atoms with Gasteiger partial charge in [-0.3, -0.25) is 0 Å². The molecule has 0 amide bonds. The smallest absolute Gasteiger partial charge is 0.0674 e. The van der Waals surface area contributed by atoms with E-state index in [0.717, 1.165) is 16.0 Å². The molecule has 1 N–H and O–H groups in total. The molecule has 1 aromatic heterocycles. The standard InChI is InChI=1S/C15H17BrClNS/c1-4-18-14(15-9(2)7-10(3)19-15)11-5-6-13(17)12(16)8-11/h5-8,14,18H,4H2,1-3H3. The van der Waals surface area contributed by atoms with Crippen LogP contribution in [0.15, 0.2) is 28.7 Å². The third-order valence-electron chi connectivity index (χ3n) is 3.03. The van der Waals surface area contributed by atoms with E-state index in [1.54, 1.807) is 0 Å². The largest absolute Gasteiger partial charge is 0.306 e. The van der Waals surface area contributed by atoms with E-state index in [2.05, 4.69) is 60.2 Å². The molecule has 0 aliphatic carbocycles. The third kappa shape index (κ3) is 3.40. The van der Waals surface area contributed by atoms with Gasteiger partial charge >= 0.3 is 0 Å². The summed E-state index contributed by atoms with van der Waals surface area (Å²) in [5, 5.41) is 4.31. The van der Waals surface area contributed by atoms with E-state index >= 15 is 0 Å². The SMILES string of the molecule is CCNC(c1ccc(Cl)c(Br)c1)c1sc(C)cc1C. The van der Waals surface area contributed by atoms with E-state index in [0.29, 0.717) is 0 Å². The molecule has 0 aliphatic heterocycles. The summed E-state index contributed by atoms with van der Waals surface area (Å²) < 4.78 is 0.945. The fourth-order valence-electron chi connectivity index (χ4n) is 2.20. The zero-order valence-corrected chi connectivity index (χ0v) is 14.4. The van der Waals surface area contributed by atoms with Crippen molar-refractivity contribution < 1.29 is 0 Å². The summed E-state index contributed by atoms with van der Waals surface area (Å²) in [7, 11) is 0. The number of hydrogen-bond acceptors (Lipinski definition) is 2. The van der Waals surface area contributed by atoms with Crippen LogP contribution in [0.2, 0.25) is 5.02 Å². The Morgan fingerprint density at radius 1 is 1.32 bits per heavy atom. The minimum absolute atomic E-state index is 0.234. The number of nitrogens with one attached hydrogen (secondary N) is 1. The van der Waals surface area contributed by atoms with Gasteiger partial charge in [-0.1, -0.05) is 24.6 Å². The van der Waals surface area contributed by atoms with Crippen molar-refractivity contribution in [1.29, 1.82) is 0 Å². The number of halogens is 2. The van der Waals surface area contributed by atoms with E-state index in [4.69, 9.17) is 11.6 Å². The van der Waals surface area contributed by atoms with E-state index in [1.807, 2.05) is 17.4 Å². The van der Waals surface area contributed by atoms with Crippen LogP contribution in [-0.4, -0.2) is 6.54 Å². The quantitative estimate of drug-likeness (QED) is 0.763. The fourth-order valence-corrected chi connectivity index (χ4v) is 3.86. The first-order chi connectivity index (χ1) is 9.02. The highest BCUT2D eigenvalue weighted by Gasteiger charge is 2.18. The van der Waals surface area contributed by atoms with Crippen molar-refractivity contribution in [2.24, 2.45) is 0 Å². The van der Waals surface area contributed by atoms with Gasteiger partial charge in [-0.2, -0.15) is 0 Å². The number of rotatable bonds is 4. The topological polar surface area (TPSA) is 12.0 Å². The van der Waals surface area contributed by atoms with Gasteiger partial charge in [0.1, 0.15) is 0 Å². The van der Waals surface area contributed by atoms with Crippen LogP contribution in [0.3, 0.4) is 0 Å². The van der Waals surface area contributed by atoms with Crippen molar-refractivity contribution >= 4 is 38.9 Å². The van der Waals surface area contributed by atoms with Crippen LogP contribution in [0.25, 0.3) is 0 Å². The van der Waals surface area contributed by atoms with Gasteiger partial charge in [-0.15, -0.1) is 11.3 Å². The summed E-state index contributed by atoms with van der Waals surface area (Å²) >= 11 is 11.4. The van der Waals surface area contributed by atoms with Gasteiger partial charge in [0.15, 0.2) is 0 Å². The maximum absolute atomic E-state index is 6.08. The molecule has 0 bridgehead atoms. The first-order valence-corrected chi connectivity index (χ1v) is 8.27. The van der Waals surface area contributed by atoms with Crippen molar-refractivity contribution in [3.05, 3.63) is 54.6 Å². The Balaban J connectivity index is 2.44. The highest BCUT2D eigenvalue weighted by atomic mass is 79.9. The lowest BCUT2D eigenvalue weighted by molar-refractivity contribution is 0.637. The highest BCUT2D eigenvalue weighted by Crippen LogP contribution is 2.34. The number of benzene rings is 1. The van der Waals surface area contributed by atoms with Crippen LogP contribution in [0.1, 0.15) is 33.8 Å². The summed E-state index contributed by atoms with van der Waals surface area (Å²) in [6.07, 6.45) is 0. The Morgan fingerprint density at radius 2 is 2.05 bits per heavy atom. The van der Waals surface area contributed by atoms with E-state index in [1.165, 1.54) is 20.9 Å². The molecule has 0 radical (unpaired) electrons. The average Bonchev–Trinajstić information content (AvgIpc) is 2.69. The molecule has 0 fully saturated rings. The van der Waals surface area contributed by atoms with Gasteiger partial charge < -0.3 is 5.32 Å². The Labute approximate surface area is 132 Å². The van der Waals surface area contributed by atoms with Crippen molar-refractivity contribution in [2.75, 3.05) is 6.54 Å². The lowest BCUT2D eigenvalue weighted by Crippen LogP contribution is -2.21. The maximum Gasteiger partial charge on any atom is 0.0674 e. The van der Waals surface area contributed by atoms with Crippen LogP contribution in [0.5, 0.6) is 0 Å². The summed E-state index contributed by atoms with van der Waals surface area (Å²) in [4.78, 5) is 2.73. The van der Waals surface area contributed by atoms with Gasteiger partial charge in [-0.25, -0.2) is 0 Å². The first kappa shape index (κ1) is 15.0. The van der Waals surface area contributed by atoms with Crippen LogP contribution in [0.4, 0.5) is 0 Å². The molecule has 1 atom stereocenters. The molecule has 1 nitrogen and oxygen atoms in total. The summed E-state index contributed by atoms with van der Waals surface area (Å²) in [5.74, 6) is 0. The molecular formula is C15H17BrClNS. The molecule has 1 heterocycles. The fraction of sp³-hybridized carbons (Fsp3) is 0.333. The third-order valence-corrected chi connectivity index (χ3v) is 5.46. The minimum atomic E-state index is 0.234. The summed E-state index contributed by atoms with van der Waals surface area (Å²) in [6, 6.07) is 8.62. The number of hydrogen-bond donors (Lipinski definition) is 1. The number of thiophene rings is 1. The number of aryl methyl sites for hydroxylation is 2. The van der Waals surface area contributed by atoms with Crippen molar-refractivity contribution in [2.45, 2.75) is 26.8 Å². The molecule has 102 valence electrons. The minimum Gasteiger partial charge on any atom is -0.306 e. The molecule has 0 spiro atoms. The van der Waals surface area contributed by atoms with Crippen molar-refractivity contribution in [3.8, 4) is 0 Å². The monoisotopic (exact) mass is 357 g/mol. The Kier molecular flexibility index (Phi) is 5.07. The van der Waals surface area contributed by atoms with Gasteiger partial charge in [0.25, 0.3) is 0 Å². The maximum atomic E-state index is 6.08. The Morgan fingerprint density at radius 3 is 2.58 bits per heavy atom. The molecule has 0 saturated heterocycles. The lowest BCUT2D eigenvalue weighted by Gasteiger charge is -2.19. The average molecular weight is 359 g/mol. The highest BCUT2D eigenvalue weighted by molar-refractivity contribution is 9.10. The molecule has 1 unspecified atom stereocenters. The van der Waals surface area contributed by atoms with Crippen molar-refractivity contribution in [1.82, 2.24) is 5.32 Å². The van der Waals surface area contributed by atoms with Crippen LogP contribution >= 0.6 is 38.9 Å². The second kappa shape index (κ2) is 6.40. The zero-order chi connectivity index (χ0) is 14.0. The van der Waals surface area contributed by atoms with Crippen molar-refractivity contribution in [3.63, 3.8) is 0 Å². The molecular weight excluding hydrogens is 342 g/mol. The second-order valence-electron chi connectivity index (χ2n) is 4.57. The van der Waals surface area contributed by atoms with Crippen LogP contribution in [-0.2, 0) is 0 Å². The predicted octanol–water partition coefficient (Wildman–Crippen LogP) is 5.48. The Bertz CT molecular complexity index is 580. The Hall–Kier alpha value is -0.350. The summed E-state index contributed by atoms with van der Waals surface area (Å²) in [5.41, 5.74) is 2.59. The molecule has 0 aliphatic rings. The van der Waals surface area contributed by atoms with Gasteiger partial charge in [-0.05, 0) is 65.6 Å². The molecule has 2 rings (SSSR count). The van der Waals surface area contributed by atoms with E-state index in [9.17, 15) is 0 Å². The van der Waals surface area contributed by atoms with Crippen LogP contribution < -0.4 is 5.32 Å². The predicted molar refractivity (Wildman–Crippen MR) is 88.5 cm³/mol. The molecule has 0 saturated carbocycles. The molecule has 4 heteroatoms. The zero-order valence-electron chi connectivity index (χ0n) is 11.3. The van der Waals surface area contributed by atoms with Gasteiger partial charge in [0.05, 0.1) is 11.1 Å². The van der Waals surface area contributed by atoms with Gasteiger partial charge in [0.2, 0.25) is 0 Å². The van der Waals surface area contributed by atoms with Gasteiger partial charge in [0, 0.05) is 14.2 Å². The second-order valence-corrected chi connectivity index (χ2v) is 7.12. The van der Waals surface area contributed by atoms with E-state index in [-0.39, 0.29) is 6.04 Å². The van der Waals surface area contributed by atoms with Crippen LogP contribution in [0, 0.1) is 13.8 Å².